The third kappa shape index (κ3) is 4.44. The summed E-state index contributed by atoms with van der Waals surface area (Å²) in [5.74, 6) is 0.967. The summed E-state index contributed by atoms with van der Waals surface area (Å²) >= 11 is 0. The van der Waals surface area contributed by atoms with E-state index in [1.54, 1.807) is 12.4 Å². The summed E-state index contributed by atoms with van der Waals surface area (Å²) in [6.45, 7) is 7.95. The summed E-state index contributed by atoms with van der Waals surface area (Å²) in [5, 5.41) is 8.17. The van der Waals surface area contributed by atoms with Crippen LogP contribution in [0.3, 0.4) is 0 Å². The van der Waals surface area contributed by atoms with Crippen LogP contribution < -0.4 is 5.32 Å². The summed E-state index contributed by atoms with van der Waals surface area (Å²) in [6.07, 6.45) is 4.89. The van der Waals surface area contributed by atoms with Gasteiger partial charge in [0.25, 0.3) is 0 Å². The second-order valence-corrected chi connectivity index (χ2v) is 8.43. The molecule has 0 aromatic carbocycles. The van der Waals surface area contributed by atoms with Crippen molar-refractivity contribution < 1.29 is 9.13 Å². The summed E-state index contributed by atoms with van der Waals surface area (Å²) in [7, 11) is 1.93. The second-order valence-electron chi connectivity index (χ2n) is 8.43. The van der Waals surface area contributed by atoms with E-state index in [1.807, 2.05) is 42.2 Å². The van der Waals surface area contributed by atoms with Crippen LogP contribution in [0.4, 0.5) is 16.0 Å². The zero-order chi connectivity index (χ0) is 22.9. The van der Waals surface area contributed by atoms with Gasteiger partial charge in [0.15, 0.2) is 5.65 Å². The van der Waals surface area contributed by atoms with Gasteiger partial charge in [0.1, 0.15) is 17.5 Å². The molecule has 0 radical (unpaired) electrons. The quantitative estimate of drug-likeness (QED) is 0.483. The number of aryl methyl sites for hydroxylation is 2. The van der Waals surface area contributed by atoms with Crippen molar-refractivity contribution in [3.05, 3.63) is 65.4 Å². The van der Waals surface area contributed by atoms with Gasteiger partial charge in [-0.15, -0.1) is 0 Å². The highest BCUT2D eigenvalue weighted by molar-refractivity contribution is 5.61. The van der Waals surface area contributed by atoms with E-state index in [-0.39, 0.29) is 11.7 Å². The molecule has 1 fully saturated rings. The van der Waals surface area contributed by atoms with Crippen molar-refractivity contribution in [2.24, 2.45) is 7.05 Å². The number of nitrogens with one attached hydrogen (secondary N) is 1. The highest BCUT2D eigenvalue weighted by atomic mass is 19.1. The molecule has 0 amide bonds. The van der Waals surface area contributed by atoms with E-state index in [2.05, 4.69) is 20.2 Å². The highest BCUT2D eigenvalue weighted by Gasteiger charge is 2.23. The van der Waals surface area contributed by atoms with Gasteiger partial charge in [-0.05, 0) is 19.1 Å². The second kappa shape index (κ2) is 8.87. The first-order valence-electron chi connectivity index (χ1n) is 11.0. The number of pyridine rings is 1. The van der Waals surface area contributed by atoms with Crippen LogP contribution in [0.1, 0.15) is 35.5 Å². The lowest BCUT2D eigenvalue weighted by atomic mass is 9.97. The van der Waals surface area contributed by atoms with Gasteiger partial charge in [0.2, 0.25) is 0 Å². The van der Waals surface area contributed by atoms with Gasteiger partial charge < -0.3 is 14.6 Å². The number of ether oxygens (including phenoxy) is 1. The van der Waals surface area contributed by atoms with Crippen molar-refractivity contribution >= 4 is 17.3 Å². The Labute approximate surface area is 191 Å². The highest BCUT2D eigenvalue weighted by Crippen LogP contribution is 2.30. The lowest BCUT2D eigenvalue weighted by Crippen LogP contribution is -2.36. The van der Waals surface area contributed by atoms with Gasteiger partial charge in [-0.3, -0.25) is 9.88 Å². The molecule has 172 valence electrons. The minimum Gasteiger partial charge on any atom is -0.379 e. The first-order chi connectivity index (χ1) is 16.0. The van der Waals surface area contributed by atoms with Crippen LogP contribution in [0.25, 0.3) is 5.65 Å². The fraction of sp³-hybridized carbons (Fsp3) is 0.391. The van der Waals surface area contributed by atoms with Crippen molar-refractivity contribution in [1.29, 1.82) is 0 Å². The molecule has 0 saturated carbocycles. The molecule has 1 atom stereocenters. The van der Waals surface area contributed by atoms with E-state index in [4.69, 9.17) is 14.8 Å². The van der Waals surface area contributed by atoms with Crippen LogP contribution in [0.2, 0.25) is 0 Å². The molecule has 5 rings (SSSR count). The molecule has 0 aliphatic carbocycles. The van der Waals surface area contributed by atoms with Crippen molar-refractivity contribution in [3.8, 4) is 0 Å². The topological polar surface area (TPSA) is 85.4 Å². The Kier molecular flexibility index (Phi) is 5.77. The third-order valence-electron chi connectivity index (χ3n) is 5.96. The molecular formula is C23H27FN8O. The van der Waals surface area contributed by atoms with Crippen LogP contribution >= 0.6 is 0 Å². The first kappa shape index (κ1) is 21.5. The van der Waals surface area contributed by atoms with Gasteiger partial charge in [-0.1, -0.05) is 6.92 Å². The molecule has 1 N–H and O–H groups in total. The average Bonchev–Trinajstić information content (AvgIpc) is 3.36. The number of nitrogens with zero attached hydrogens (tertiary/aromatic N) is 7. The molecule has 33 heavy (non-hydrogen) atoms. The van der Waals surface area contributed by atoms with Crippen molar-refractivity contribution in [3.63, 3.8) is 0 Å². The smallest absolute Gasteiger partial charge is 0.161 e. The Morgan fingerprint density at radius 1 is 1.18 bits per heavy atom. The maximum absolute atomic E-state index is 13.4. The number of halogens is 1. The number of rotatable bonds is 6. The third-order valence-corrected chi connectivity index (χ3v) is 5.96. The number of imidazole rings is 1. The van der Waals surface area contributed by atoms with E-state index in [0.29, 0.717) is 5.82 Å². The molecule has 10 heteroatoms. The standard InChI is InChI=1S/C23H27FN8O/c1-15(19-5-4-17(24)11-25-19)22-16(2)29-32-18(12-31-6-8-33-9-7-31)10-20(28-23(22)32)27-21-13-30(3)14-26-21/h4-5,10-11,13-15H,6-9,12H2,1-3H3,(H,27,28)/t15-/m1/s1. The maximum Gasteiger partial charge on any atom is 0.161 e. The summed E-state index contributed by atoms with van der Waals surface area (Å²) in [4.78, 5) is 15.9. The molecule has 0 spiro atoms. The van der Waals surface area contributed by atoms with Crippen LogP contribution in [-0.4, -0.2) is 60.3 Å². The van der Waals surface area contributed by atoms with E-state index in [1.165, 1.54) is 12.3 Å². The average molecular weight is 451 g/mol. The van der Waals surface area contributed by atoms with E-state index >= 15 is 0 Å². The van der Waals surface area contributed by atoms with Crippen LogP contribution in [0.5, 0.6) is 0 Å². The molecule has 1 saturated heterocycles. The van der Waals surface area contributed by atoms with Crippen LogP contribution in [-0.2, 0) is 18.3 Å². The van der Waals surface area contributed by atoms with Gasteiger partial charge in [-0.2, -0.15) is 5.10 Å². The van der Waals surface area contributed by atoms with Crippen molar-refractivity contribution in [1.82, 2.24) is 34.0 Å². The molecule has 4 aromatic rings. The SMILES string of the molecule is Cc1nn2c(CN3CCOCC3)cc(Nc3cn(C)cn3)nc2c1[C@H](C)c1ccc(F)cn1. The van der Waals surface area contributed by atoms with Crippen molar-refractivity contribution in [2.75, 3.05) is 31.6 Å². The molecule has 0 unspecified atom stereocenters. The number of hydrogen-bond donors (Lipinski definition) is 1. The molecule has 9 nitrogen and oxygen atoms in total. The summed E-state index contributed by atoms with van der Waals surface area (Å²) in [6, 6.07) is 5.17. The van der Waals surface area contributed by atoms with E-state index in [9.17, 15) is 4.39 Å². The fourth-order valence-electron chi connectivity index (χ4n) is 4.27. The zero-order valence-electron chi connectivity index (χ0n) is 19.0. The Bertz CT molecular complexity index is 1260. The van der Waals surface area contributed by atoms with Crippen molar-refractivity contribution in [2.45, 2.75) is 26.3 Å². The number of fused-ring (bicyclic) bond motifs is 1. The van der Waals surface area contributed by atoms with Gasteiger partial charge >= 0.3 is 0 Å². The molecular weight excluding hydrogens is 423 g/mol. The van der Waals surface area contributed by atoms with E-state index in [0.717, 1.165) is 67.0 Å². The molecule has 5 heterocycles. The summed E-state index contributed by atoms with van der Waals surface area (Å²) in [5.41, 5.74) is 4.40. The fourth-order valence-corrected chi connectivity index (χ4v) is 4.27. The monoisotopic (exact) mass is 450 g/mol. The largest absolute Gasteiger partial charge is 0.379 e. The Balaban J connectivity index is 1.59. The normalized spacial score (nSPS) is 15.8. The summed E-state index contributed by atoms with van der Waals surface area (Å²) < 4.78 is 22.8. The predicted molar refractivity (Wildman–Crippen MR) is 122 cm³/mol. The zero-order valence-corrected chi connectivity index (χ0v) is 19.0. The molecule has 4 aromatic heterocycles. The lowest BCUT2D eigenvalue weighted by Gasteiger charge is -2.26. The van der Waals surface area contributed by atoms with E-state index < -0.39 is 0 Å². The minimum atomic E-state index is -0.352. The van der Waals surface area contributed by atoms with Gasteiger partial charge in [-0.25, -0.2) is 18.9 Å². The molecule has 1 aliphatic heterocycles. The Morgan fingerprint density at radius 3 is 2.70 bits per heavy atom. The molecule has 0 bridgehead atoms. The van der Waals surface area contributed by atoms with Crippen LogP contribution in [0, 0.1) is 12.7 Å². The first-order valence-corrected chi connectivity index (χ1v) is 11.0. The Hall–Kier alpha value is -3.37. The number of aromatic nitrogens is 6. The maximum atomic E-state index is 13.4. The van der Waals surface area contributed by atoms with Crippen LogP contribution in [0.15, 0.2) is 36.9 Å². The number of anilines is 2. The lowest BCUT2D eigenvalue weighted by molar-refractivity contribution is 0.0334. The minimum absolute atomic E-state index is 0.100. The number of hydrogen-bond acceptors (Lipinski definition) is 7. The predicted octanol–water partition coefficient (Wildman–Crippen LogP) is 3.03. The Morgan fingerprint density at radius 2 is 2.00 bits per heavy atom. The number of morpholine rings is 1. The van der Waals surface area contributed by atoms with Gasteiger partial charge in [0, 0.05) is 56.1 Å². The van der Waals surface area contributed by atoms with Gasteiger partial charge in [0.05, 0.1) is 37.1 Å². The molecule has 1 aliphatic rings.